The molecule has 100 valence electrons. The quantitative estimate of drug-likeness (QED) is 0.788. The second-order valence-electron chi connectivity index (χ2n) is 5.13. The maximum atomic E-state index is 5.91. The maximum Gasteiger partial charge on any atom is 0.119 e. The summed E-state index contributed by atoms with van der Waals surface area (Å²) in [6.45, 7) is 3.18. The van der Waals surface area contributed by atoms with Crippen molar-refractivity contribution in [2.24, 2.45) is 11.1 Å². The average molecular weight is 249 g/mol. The van der Waals surface area contributed by atoms with Gasteiger partial charge in [-0.25, -0.2) is 0 Å². The number of hydrogen-bond donors (Lipinski definition) is 1. The van der Waals surface area contributed by atoms with Gasteiger partial charge in [0.2, 0.25) is 0 Å². The molecule has 0 aromatic heterocycles. The van der Waals surface area contributed by atoms with Crippen LogP contribution in [0.25, 0.3) is 0 Å². The predicted molar refractivity (Wildman–Crippen MR) is 72.7 cm³/mol. The van der Waals surface area contributed by atoms with Gasteiger partial charge in [0.15, 0.2) is 0 Å². The van der Waals surface area contributed by atoms with E-state index in [4.69, 9.17) is 15.2 Å². The van der Waals surface area contributed by atoms with Crippen LogP contribution < -0.4 is 10.5 Å². The van der Waals surface area contributed by atoms with E-state index in [0.717, 1.165) is 51.4 Å². The Morgan fingerprint density at radius 2 is 2.11 bits per heavy atom. The van der Waals surface area contributed by atoms with Crippen molar-refractivity contribution in [2.45, 2.75) is 25.7 Å². The second kappa shape index (κ2) is 6.76. The summed E-state index contributed by atoms with van der Waals surface area (Å²) in [5.74, 6) is 0.944. The van der Waals surface area contributed by atoms with E-state index in [1.807, 2.05) is 30.3 Å². The van der Waals surface area contributed by atoms with Gasteiger partial charge in [-0.1, -0.05) is 18.2 Å². The SMILES string of the molecule is NCC1(CCCOc2ccccc2)CCCOC1. The third-order valence-electron chi connectivity index (χ3n) is 3.70. The van der Waals surface area contributed by atoms with Gasteiger partial charge in [-0.15, -0.1) is 0 Å². The lowest BCUT2D eigenvalue weighted by Gasteiger charge is -2.36. The summed E-state index contributed by atoms with van der Waals surface area (Å²) in [4.78, 5) is 0. The Morgan fingerprint density at radius 1 is 1.28 bits per heavy atom. The van der Waals surface area contributed by atoms with E-state index in [-0.39, 0.29) is 5.41 Å². The largest absolute Gasteiger partial charge is 0.494 e. The Kier molecular flexibility index (Phi) is 5.02. The van der Waals surface area contributed by atoms with Crippen molar-refractivity contribution in [1.29, 1.82) is 0 Å². The van der Waals surface area contributed by atoms with Crippen LogP contribution in [0.1, 0.15) is 25.7 Å². The summed E-state index contributed by atoms with van der Waals surface area (Å²) >= 11 is 0. The zero-order valence-corrected chi connectivity index (χ0v) is 10.9. The lowest BCUT2D eigenvalue weighted by atomic mass is 9.79. The smallest absolute Gasteiger partial charge is 0.119 e. The molecule has 2 N–H and O–H groups in total. The molecule has 2 rings (SSSR count). The van der Waals surface area contributed by atoms with Gasteiger partial charge in [0.25, 0.3) is 0 Å². The van der Waals surface area contributed by atoms with E-state index in [9.17, 15) is 0 Å². The van der Waals surface area contributed by atoms with Crippen molar-refractivity contribution in [3.8, 4) is 5.75 Å². The molecule has 0 radical (unpaired) electrons. The molecule has 1 unspecified atom stereocenters. The second-order valence-corrected chi connectivity index (χ2v) is 5.13. The van der Waals surface area contributed by atoms with E-state index in [2.05, 4.69) is 0 Å². The summed E-state index contributed by atoms with van der Waals surface area (Å²) < 4.78 is 11.3. The summed E-state index contributed by atoms with van der Waals surface area (Å²) in [6.07, 6.45) is 4.46. The molecule has 1 saturated heterocycles. The maximum absolute atomic E-state index is 5.91. The van der Waals surface area contributed by atoms with Crippen molar-refractivity contribution >= 4 is 0 Å². The summed E-state index contributed by atoms with van der Waals surface area (Å²) in [6, 6.07) is 9.96. The third kappa shape index (κ3) is 3.72. The lowest BCUT2D eigenvalue weighted by Crippen LogP contribution is -2.39. The van der Waals surface area contributed by atoms with Crippen LogP contribution in [0.5, 0.6) is 5.75 Å². The molecular formula is C15H23NO2. The Hall–Kier alpha value is -1.06. The van der Waals surface area contributed by atoms with Gasteiger partial charge in [0, 0.05) is 18.6 Å². The number of ether oxygens (including phenoxy) is 2. The van der Waals surface area contributed by atoms with Crippen molar-refractivity contribution in [3.63, 3.8) is 0 Å². The number of para-hydroxylation sites is 1. The van der Waals surface area contributed by atoms with E-state index in [1.165, 1.54) is 6.42 Å². The molecule has 1 fully saturated rings. The van der Waals surface area contributed by atoms with Crippen LogP contribution in [0.2, 0.25) is 0 Å². The highest BCUT2D eigenvalue weighted by Crippen LogP contribution is 2.32. The minimum absolute atomic E-state index is 0.193. The van der Waals surface area contributed by atoms with Crippen LogP contribution in [-0.4, -0.2) is 26.4 Å². The first-order chi connectivity index (χ1) is 8.85. The minimum atomic E-state index is 0.193. The van der Waals surface area contributed by atoms with Crippen molar-refractivity contribution in [1.82, 2.24) is 0 Å². The van der Waals surface area contributed by atoms with Crippen LogP contribution in [0.15, 0.2) is 30.3 Å². The Morgan fingerprint density at radius 3 is 2.78 bits per heavy atom. The number of hydrogen-bond acceptors (Lipinski definition) is 3. The molecule has 1 aliphatic heterocycles. The molecule has 1 aliphatic rings. The minimum Gasteiger partial charge on any atom is -0.494 e. The fourth-order valence-corrected chi connectivity index (χ4v) is 2.52. The molecule has 18 heavy (non-hydrogen) atoms. The van der Waals surface area contributed by atoms with Crippen LogP contribution in [0, 0.1) is 5.41 Å². The van der Waals surface area contributed by atoms with Crippen LogP contribution >= 0.6 is 0 Å². The third-order valence-corrected chi connectivity index (χ3v) is 3.70. The molecular weight excluding hydrogens is 226 g/mol. The molecule has 1 aromatic rings. The predicted octanol–water partition coefficient (Wildman–Crippen LogP) is 2.60. The highest BCUT2D eigenvalue weighted by molar-refractivity contribution is 5.20. The fraction of sp³-hybridized carbons (Fsp3) is 0.600. The molecule has 0 aliphatic carbocycles. The van der Waals surface area contributed by atoms with E-state index in [1.54, 1.807) is 0 Å². The normalized spacial score (nSPS) is 23.8. The van der Waals surface area contributed by atoms with Crippen molar-refractivity contribution < 1.29 is 9.47 Å². The molecule has 1 atom stereocenters. The van der Waals surface area contributed by atoms with Gasteiger partial charge in [-0.3, -0.25) is 0 Å². The highest BCUT2D eigenvalue weighted by atomic mass is 16.5. The van der Waals surface area contributed by atoms with E-state index < -0.39 is 0 Å². The zero-order chi connectivity index (χ0) is 12.7. The molecule has 0 spiro atoms. The van der Waals surface area contributed by atoms with E-state index in [0.29, 0.717) is 0 Å². The Labute approximate surface area is 109 Å². The molecule has 3 nitrogen and oxygen atoms in total. The van der Waals surface area contributed by atoms with Gasteiger partial charge < -0.3 is 15.2 Å². The lowest BCUT2D eigenvalue weighted by molar-refractivity contribution is -0.00994. The summed E-state index contributed by atoms with van der Waals surface area (Å²) in [5.41, 5.74) is 6.10. The monoisotopic (exact) mass is 249 g/mol. The first-order valence-electron chi connectivity index (χ1n) is 6.80. The molecule has 0 amide bonds. The standard InChI is InChI=1S/C15H23NO2/c16-12-15(8-4-10-17-13-15)9-5-11-18-14-6-2-1-3-7-14/h1-3,6-7H,4-5,8-13,16H2. The molecule has 0 bridgehead atoms. The molecule has 0 saturated carbocycles. The van der Waals surface area contributed by atoms with Gasteiger partial charge in [0.1, 0.15) is 5.75 Å². The fourth-order valence-electron chi connectivity index (χ4n) is 2.52. The van der Waals surface area contributed by atoms with Crippen LogP contribution in [0.3, 0.4) is 0 Å². The number of benzene rings is 1. The Balaban J connectivity index is 1.71. The van der Waals surface area contributed by atoms with Gasteiger partial charge >= 0.3 is 0 Å². The van der Waals surface area contributed by atoms with Crippen molar-refractivity contribution in [2.75, 3.05) is 26.4 Å². The zero-order valence-electron chi connectivity index (χ0n) is 10.9. The first kappa shape index (κ1) is 13.4. The van der Waals surface area contributed by atoms with Gasteiger partial charge in [-0.2, -0.15) is 0 Å². The van der Waals surface area contributed by atoms with Gasteiger partial charge in [-0.05, 0) is 37.8 Å². The number of nitrogens with two attached hydrogens (primary N) is 1. The summed E-state index contributed by atoms with van der Waals surface area (Å²) in [7, 11) is 0. The van der Waals surface area contributed by atoms with Crippen molar-refractivity contribution in [3.05, 3.63) is 30.3 Å². The number of rotatable bonds is 6. The topological polar surface area (TPSA) is 44.5 Å². The van der Waals surface area contributed by atoms with E-state index >= 15 is 0 Å². The molecule has 1 heterocycles. The van der Waals surface area contributed by atoms with Gasteiger partial charge in [0.05, 0.1) is 13.2 Å². The first-order valence-corrected chi connectivity index (χ1v) is 6.80. The highest BCUT2D eigenvalue weighted by Gasteiger charge is 2.30. The van der Waals surface area contributed by atoms with Crippen LogP contribution in [0.4, 0.5) is 0 Å². The summed E-state index contributed by atoms with van der Waals surface area (Å²) in [5, 5.41) is 0. The average Bonchev–Trinajstić information content (AvgIpc) is 2.46. The Bertz CT molecular complexity index is 334. The molecule has 3 heteroatoms. The van der Waals surface area contributed by atoms with Crippen LogP contribution in [-0.2, 0) is 4.74 Å². The molecule has 1 aromatic carbocycles.